The van der Waals surface area contributed by atoms with Gasteiger partial charge in [-0.15, -0.1) is 0 Å². The molecule has 1 fully saturated rings. The van der Waals surface area contributed by atoms with Gasteiger partial charge in [0.1, 0.15) is 11.4 Å². The first-order valence-corrected chi connectivity index (χ1v) is 7.55. The summed E-state index contributed by atoms with van der Waals surface area (Å²) < 4.78 is 18.9. The first-order chi connectivity index (χ1) is 11.2. The largest absolute Gasteiger partial charge is 0.379 e. The van der Waals surface area contributed by atoms with E-state index in [1.807, 2.05) is 0 Å². The van der Waals surface area contributed by atoms with E-state index in [4.69, 9.17) is 4.74 Å². The zero-order chi connectivity index (χ0) is 16.2. The van der Waals surface area contributed by atoms with Gasteiger partial charge >= 0.3 is 0 Å². The van der Waals surface area contributed by atoms with Gasteiger partial charge in [0.15, 0.2) is 0 Å². The number of nitrogens with one attached hydrogen (secondary N) is 2. The molecule has 0 spiro atoms. The highest BCUT2D eigenvalue weighted by Crippen LogP contribution is 2.12. The first-order valence-electron chi connectivity index (χ1n) is 7.55. The molecule has 0 bridgehead atoms. The summed E-state index contributed by atoms with van der Waals surface area (Å²) in [5.41, 5.74) is -0.366. The summed E-state index contributed by atoms with van der Waals surface area (Å²) in [6.45, 7) is 4.22. The minimum absolute atomic E-state index is 0.00919. The lowest BCUT2D eigenvalue weighted by Gasteiger charge is -2.26. The number of aromatic nitrogens is 1. The van der Waals surface area contributed by atoms with E-state index in [2.05, 4.69) is 15.2 Å². The van der Waals surface area contributed by atoms with Crippen molar-refractivity contribution in [2.75, 3.05) is 39.4 Å². The lowest BCUT2D eigenvalue weighted by Crippen LogP contribution is -2.41. The summed E-state index contributed by atoms with van der Waals surface area (Å²) in [7, 11) is 0. The Hall–Kier alpha value is -2.25. The molecule has 3 rings (SSSR count). The highest BCUT2D eigenvalue weighted by atomic mass is 19.1. The molecule has 0 saturated carbocycles. The summed E-state index contributed by atoms with van der Waals surface area (Å²) in [4.78, 5) is 29.4. The molecule has 1 amide bonds. The Morgan fingerprint density at radius 3 is 2.91 bits per heavy atom. The molecule has 1 aliphatic rings. The Balaban J connectivity index is 1.68. The molecule has 1 aromatic heterocycles. The number of benzene rings is 1. The average molecular weight is 319 g/mol. The fourth-order valence-corrected chi connectivity index (χ4v) is 2.63. The third-order valence-corrected chi connectivity index (χ3v) is 3.93. The van der Waals surface area contributed by atoms with E-state index in [0.717, 1.165) is 13.1 Å². The van der Waals surface area contributed by atoms with E-state index in [9.17, 15) is 14.0 Å². The zero-order valence-corrected chi connectivity index (χ0v) is 12.6. The predicted molar refractivity (Wildman–Crippen MR) is 84.1 cm³/mol. The quantitative estimate of drug-likeness (QED) is 0.871. The number of carbonyl (C=O) groups is 1. The van der Waals surface area contributed by atoms with Gasteiger partial charge in [-0.3, -0.25) is 14.5 Å². The number of hydrogen-bond acceptors (Lipinski definition) is 4. The number of para-hydroxylation sites is 1. The van der Waals surface area contributed by atoms with E-state index in [1.165, 1.54) is 24.4 Å². The van der Waals surface area contributed by atoms with Crippen LogP contribution in [-0.4, -0.2) is 55.2 Å². The third-order valence-electron chi connectivity index (χ3n) is 3.93. The van der Waals surface area contributed by atoms with Crippen LogP contribution in [0.2, 0.25) is 0 Å². The van der Waals surface area contributed by atoms with Crippen LogP contribution in [0.3, 0.4) is 0 Å². The lowest BCUT2D eigenvalue weighted by atomic mass is 10.1. The number of nitrogens with zero attached hydrogens (tertiary/aromatic N) is 1. The van der Waals surface area contributed by atoms with Gasteiger partial charge in [-0.05, 0) is 12.1 Å². The SMILES string of the molecule is O=C(NCCN1CCOCC1)c1c[nH]c2c(F)cccc2c1=O. The van der Waals surface area contributed by atoms with E-state index in [0.29, 0.717) is 26.3 Å². The van der Waals surface area contributed by atoms with Gasteiger partial charge < -0.3 is 15.0 Å². The Morgan fingerprint density at radius 1 is 1.35 bits per heavy atom. The van der Waals surface area contributed by atoms with Crippen molar-refractivity contribution in [3.8, 4) is 0 Å². The summed E-state index contributed by atoms with van der Waals surface area (Å²) in [5, 5.41) is 2.90. The molecule has 23 heavy (non-hydrogen) atoms. The number of halogens is 1. The van der Waals surface area contributed by atoms with E-state index in [1.54, 1.807) is 0 Å². The third kappa shape index (κ3) is 3.40. The molecule has 122 valence electrons. The van der Waals surface area contributed by atoms with Crippen molar-refractivity contribution in [2.24, 2.45) is 0 Å². The van der Waals surface area contributed by atoms with Gasteiger partial charge in [0.25, 0.3) is 5.91 Å². The lowest BCUT2D eigenvalue weighted by molar-refractivity contribution is 0.0383. The van der Waals surface area contributed by atoms with Gasteiger partial charge in [0.05, 0.1) is 18.7 Å². The van der Waals surface area contributed by atoms with Crippen molar-refractivity contribution >= 4 is 16.8 Å². The van der Waals surface area contributed by atoms with Gasteiger partial charge in [-0.25, -0.2) is 4.39 Å². The molecule has 0 unspecified atom stereocenters. The fourth-order valence-electron chi connectivity index (χ4n) is 2.63. The van der Waals surface area contributed by atoms with Crippen molar-refractivity contribution in [1.29, 1.82) is 0 Å². The van der Waals surface area contributed by atoms with Crippen LogP contribution in [0.1, 0.15) is 10.4 Å². The average Bonchev–Trinajstić information content (AvgIpc) is 2.57. The molecule has 1 saturated heterocycles. The zero-order valence-electron chi connectivity index (χ0n) is 12.6. The number of pyridine rings is 1. The van der Waals surface area contributed by atoms with Crippen LogP contribution >= 0.6 is 0 Å². The Labute approximate surface area is 132 Å². The van der Waals surface area contributed by atoms with Crippen molar-refractivity contribution in [1.82, 2.24) is 15.2 Å². The maximum atomic E-state index is 13.6. The highest BCUT2D eigenvalue weighted by molar-refractivity contribution is 5.97. The van der Waals surface area contributed by atoms with Gasteiger partial charge in [0.2, 0.25) is 5.43 Å². The van der Waals surface area contributed by atoms with Crippen LogP contribution in [0.25, 0.3) is 10.9 Å². The maximum absolute atomic E-state index is 13.6. The van der Waals surface area contributed by atoms with Crippen LogP contribution in [0.4, 0.5) is 4.39 Å². The van der Waals surface area contributed by atoms with Crippen molar-refractivity contribution in [3.63, 3.8) is 0 Å². The molecule has 2 heterocycles. The molecule has 7 heteroatoms. The normalized spacial score (nSPS) is 15.7. The smallest absolute Gasteiger partial charge is 0.256 e. The molecule has 2 aromatic rings. The molecule has 0 atom stereocenters. The van der Waals surface area contributed by atoms with Crippen LogP contribution in [0, 0.1) is 5.82 Å². The van der Waals surface area contributed by atoms with Crippen molar-refractivity contribution < 1.29 is 13.9 Å². The van der Waals surface area contributed by atoms with Crippen LogP contribution in [0.15, 0.2) is 29.2 Å². The Morgan fingerprint density at radius 2 is 2.13 bits per heavy atom. The van der Waals surface area contributed by atoms with Crippen LogP contribution < -0.4 is 10.7 Å². The van der Waals surface area contributed by atoms with E-state index >= 15 is 0 Å². The number of amides is 1. The number of ether oxygens (including phenoxy) is 1. The predicted octanol–water partition coefficient (Wildman–Crippen LogP) is 0.729. The fraction of sp³-hybridized carbons (Fsp3) is 0.375. The molecular weight excluding hydrogens is 301 g/mol. The number of H-pyrrole nitrogens is 1. The minimum Gasteiger partial charge on any atom is -0.379 e. The van der Waals surface area contributed by atoms with Gasteiger partial charge in [0, 0.05) is 37.8 Å². The number of carbonyl (C=O) groups excluding carboxylic acids is 1. The van der Waals surface area contributed by atoms with Crippen LogP contribution in [-0.2, 0) is 4.74 Å². The van der Waals surface area contributed by atoms with Crippen molar-refractivity contribution in [2.45, 2.75) is 0 Å². The number of hydrogen-bond donors (Lipinski definition) is 2. The minimum atomic E-state index is -0.515. The van der Waals surface area contributed by atoms with Crippen molar-refractivity contribution in [3.05, 3.63) is 46.0 Å². The molecule has 1 aromatic carbocycles. The summed E-state index contributed by atoms with van der Waals surface area (Å²) in [6, 6.07) is 4.22. The number of morpholine rings is 1. The second kappa shape index (κ2) is 6.89. The number of fused-ring (bicyclic) bond motifs is 1. The molecular formula is C16H18FN3O3. The monoisotopic (exact) mass is 319 g/mol. The topological polar surface area (TPSA) is 74.4 Å². The molecule has 2 N–H and O–H groups in total. The standard InChI is InChI=1S/C16H18FN3O3/c17-13-3-1-2-11-14(13)19-10-12(15(11)21)16(22)18-4-5-20-6-8-23-9-7-20/h1-3,10H,4-9H2,(H,18,22)(H,19,21). The second-order valence-electron chi connectivity index (χ2n) is 5.40. The summed E-state index contributed by atoms with van der Waals surface area (Å²) in [6.07, 6.45) is 1.26. The summed E-state index contributed by atoms with van der Waals surface area (Å²) in [5.74, 6) is -0.968. The maximum Gasteiger partial charge on any atom is 0.256 e. The number of rotatable bonds is 4. The van der Waals surface area contributed by atoms with Gasteiger partial charge in [-0.1, -0.05) is 6.07 Å². The van der Waals surface area contributed by atoms with E-state index in [-0.39, 0.29) is 16.5 Å². The molecule has 0 aliphatic carbocycles. The molecule has 1 aliphatic heterocycles. The highest BCUT2D eigenvalue weighted by Gasteiger charge is 2.15. The first kappa shape index (κ1) is 15.6. The van der Waals surface area contributed by atoms with Crippen LogP contribution in [0.5, 0.6) is 0 Å². The Kier molecular flexibility index (Phi) is 4.68. The van der Waals surface area contributed by atoms with E-state index < -0.39 is 17.2 Å². The second-order valence-corrected chi connectivity index (χ2v) is 5.40. The number of aromatic amines is 1. The molecule has 6 nitrogen and oxygen atoms in total. The summed E-state index contributed by atoms with van der Waals surface area (Å²) >= 11 is 0. The van der Waals surface area contributed by atoms with Gasteiger partial charge in [-0.2, -0.15) is 0 Å². The molecule has 0 radical (unpaired) electrons. The Bertz CT molecular complexity index is 769.